The summed E-state index contributed by atoms with van der Waals surface area (Å²) in [6.07, 6.45) is 4.24. The van der Waals surface area contributed by atoms with Crippen LogP contribution in [0.25, 0.3) is 11.3 Å². The third-order valence-corrected chi connectivity index (χ3v) is 5.47. The molecule has 6 bridgehead atoms. The number of benzene rings is 2. The molecule has 1 atom stereocenters. The van der Waals surface area contributed by atoms with E-state index in [1.54, 1.807) is 18.4 Å². The number of ether oxygens (including phenoxy) is 1. The summed E-state index contributed by atoms with van der Waals surface area (Å²) < 4.78 is 46.3. The molecule has 0 saturated carbocycles. The van der Waals surface area contributed by atoms with Gasteiger partial charge >= 0.3 is 0 Å². The van der Waals surface area contributed by atoms with Crippen LogP contribution in [0.5, 0.6) is 5.75 Å². The van der Waals surface area contributed by atoms with E-state index in [4.69, 9.17) is 4.74 Å². The Morgan fingerprint density at radius 3 is 2.84 bits per heavy atom. The van der Waals surface area contributed by atoms with E-state index in [2.05, 4.69) is 20.6 Å². The highest BCUT2D eigenvalue weighted by molar-refractivity contribution is 7.83. The molecule has 4 rings (SSSR count). The lowest BCUT2D eigenvalue weighted by atomic mass is 10.1. The van der Waals surface area contributed by atoms with Crippen molar-refractivity contribution in [2.75, 3.05) is 30.0 Å². The van der Waals surface area contributed by atoms with Gasteiger partial charge < -0.3 is 15.4 Å². The van der Waals surface area contributed by atoms with Crippen molar-refractivity contribution < 1.29 is 17.7 Å². The number of halogens is 2. The third-order valence-electron chi connectivity index (χ3n) is 4.73. The van der Waals surface area contributed by atoms with E-state index in [1.165, 1.54) is 12.1 Å². The second kappa shape index (κ2) is 9.38. The molecule has 9 heteroatoms. The van der Waals surface area contributed by atoms with Crippen molar-refractivity contribution in [3.63, 3.8) is 0 Å². The van der Waals surface area contributed by atoms with E-state index in [-0.39, 0.29) is 11.6 Å². The second-order valence-corrected chi connectivity index (χ2v) is 8.71. The molecule has 2 N–H and O–H groups in total. The largest absolute Gasteiger partial charge is 0.494 e. The van der Waals surface area contributed by atoms with Crippen LogP contribution < -0.4 is 15.4 Å². The predicted octanol–water partition coefficient (Wildman–Crippen LogP) is 4.63. The zero-order valence-corrected chi connectivity index (χ0v) is 17.8. The molecule has 0 saturated heterocycles. The van der Waals surface area contributed by atoms with Gasteiger partial charge in [0.25, 0.3) is 0 Å². The van der Waals surface area contributed by atoms with E-state index >= 15 is 0 Å². The fraction of sp³-hybridized carbons (Fsp3) is 0.273. The van der Waals surface area contributed by atoms with E-state index in [0.29, 0.717) is 41.6 Å². The number of hydrogen-bond donors (Lipinski definition) is 2. The Bertz CT molecular complexity index is 1130. The monoisotopic (exact) mass is 444 g/mol. The van der Waals surface area contributed by atoms with E-state index in [0.717, 1.165) is 24.6 Å². The van der Waals surface area contributed by atoms with Gasteiger partial charge in [-0.25, -0.2) is 18.7 Å². The van der Waals surface area contributed by atoms with Crippen molar-refractivity contribution in [2.24, 2.45) is 0 Å². The number of fused-ring (bicyclic) bond motifs is 7. The van der Waals surface area contributed by atoms with Crippen LogP contribution in [-0.2, 0) is 16.6 Å². The Morgan fingerprint density at radius 2 is 2.00 bits per heavy atom. The lowest BCUT2D eigenvalue weighted by Gasteiger charge is -2.14. The molecule has 1 aliphatic rings. The lowest BCUT2D eigenvalue weighted by molar-refractivity contribution is 0.308. The first-order valence-electron chi connectivity index (χ1n) is 9.88. The predicted molar refractivity (Wildman–Crippen MR) is 118 cm³/mol. The first-order chi connectivity index (χ1) is 15.0. The minimum atomic E-state index is -1.02. The van der Waals surface area contributed by atoms with Crippen molar-refractivity contribution in [3.8, 4) is 17.0 Å². The zero-order chi connectivity index (χ0) is 21.8. The maximum Gasteiger partial charge on any atom is 0.227 e. The molecule has 0 aliphatic carbocycles. The van der Waals surface area contributed by atoms with E-state index < -0.39 is 22.4 Å². The maximum absolute atomic E-state index is 14.5. The van der Waals surface area contributed by atoms with Gasteiger partial charge in [0.1, 0.15) is 17.3 Å². The van der Waals surface area contributed by atoms with Crippen molar-refractivity contribution in [1.29, 1.82) is 0 Å². The van der Waals surface area contributed by atoms with Gasteiger partial charge in [-0.1, -0.05) is 0 Å². The number of nitrogens with zero attached hydrogens (tertiary/aromatic N) is 2. The Hall–Kier alpha value is -3.07. The molecular weight excluding hydrogens is 422 g/mol. The average molecular weight is 445 g/mol. The van der Waals surface area contributed by atoms with Crippen molar-refractivity contribution >= 4 is 28.1 Å². The van der Waals surface area contributed by atoms with E-state index in [9.17, 15) is 13.0 Å². The number of rotatable bonds is 2. The highest BCUT2D eigenvalue weighted by Crippen LogP contribution is 2.28. The van der Waals surface area contributed by atoms with Gasteiger partial charge in [-0.15, -0.1) is 0 Å². The summed E-state index contributed by atoms with van der Waals surface area (Å²) in [7, 11) is -1.02. The second-order valence-electron chi connectivity index (χ2n) is 7.28. The van der Waals surface area contributed by atoms with Crippen LogP contribution in [-0.4, -0.2) is 33.6 Å². The van der Waals surface area contributed by atoms with Gasteiger partial charge in [0.05, 0.1) is 18.5 Å². The van der Waals surface area contributed by atoms with Gasteiger partial charge in [-0.05, 0) is 48.7 Å². The third kappa shape index (κ3) is 5.35. The van der Waals surface area contributed by atoms with Gasteiger partial charge in [0.15, 0.2) is 5.82 Å². The summed E-state index contributed by atoms with van der Waals surface area (Å²) in [5.74, 6) is 0.171. The Labute approximate surface area is 181 Å². The molecule has 31 heavy (non-hydrogen) atoms. The van der Waals surface area contributed by atoms with Gasteiger partial charge in [0, 0.05) is 46.7 Å². The summed E-state index contributed by atoms with van der Waals surface area (Å²) in [5, 5.41) is 6.12. The van der Waals surface area contributed by atoms with Crippen LogP contribution in [0.4, 0.5) is 26.1 Å². The van der Waals surface area contributed by atoms with Gasteiger partial charge in [0.2, 0.25) is 5.95 Å². The standard InChI is InChI=1S/C22H22F2N4O2S/c1-31(29)13-14-8-16-11-17(9-14)30-7-3-2-6-25-20-10-15(4-5-18(20)23)21-19(24)12-26-22(27-16)28-21/h4-5,8-12,25H,2-3,6-7,13H2,1H3,(H,26,27,28)/t31-/m0/s1. The van der Waals surface area contributed by atoms with Gasteiger partial charge in [-0.3, -0.25) is 4.21 Å². The van der Waals surface area contributed by atoms with Gasteiger partial charge in [-0.2, -0.15) is 0 Å². The maximum atomic E-state index is 14.5. The van der Waals surface area contributed by atoms with Crippen LogP contribution in [0, 0.1) is 11.6 Å². The molecule has 0 spiro atoms. The summed E-state index contributed by atoms with van der Waals surface area (Å²) in [5.41, 5.74) is 2.28. The number of nitrogens with one attached hydrogen (secondary N) is 2. The minimum Gasteiger partial charge on any atom is -0.494 e. The lowest BCUT2D eigenvalue weighted by Crippen LogP contribution is -2.08. The Kier molecular flexibility index (Phi) is 6.41. The quantitative estimate of drug-likeness (QED) is 0.600. The topological polar surface area (TPSA) is 76.1 Å². The van der Waals surface area contributed by atoms with E-state index in [1.807, 2.05) is 12.1 Å². The van der Waals surface area contributed by atoms with Crippen LogP contribution in [0.15, 0.2) is 42.6 Å². The Balaban J connectivity index is 1.76. The molecule has 1 aliphatic heterocycles. The Morgan fingerprint density at radius 1 is 1.13 bits per heavy atom. The SMILES string of the molecule is C[S@](=O)Cc1cc2cc(c1)OCCCCNc1cc(ccc1F)-c1nc(ncc1F)N2. The zero-order valence-electron chi connectivity index (χ0n) is 17.0. The first-order valence-corrected chi connectivity index (χ1v) is 11.6. The number of aromatic nitrogens is 2. The molecule has 2 heterocycles. The van der Waals surface area contributed by atoms with Crippen LogP contribution in [0.1, 0.15) is 18.4 Å². The molecule has 2 aromatic carbocycles. The molecular formula is C22H22F2N4O2S. The van der Waals surface area contributed by atoms with Crippen molar-refractivity contribution in [1.82, 2.24) is 9.97 Å². The minimum absolute atomic E-state index is 0.0648. The van der Waals surface area contributed by atoms with Crippen molar-refractivity contribution in [3.05, 3.63) is 59.8 Å². The molecule has 0 radical (unpaired) electrons. The fourth-order valence-corrected chi connectivity index (χ4v) is 3.98. The summed E-state index contributed by atoms with van der Waals surface area (Å²) in [6.45, 7) is 1.03. The molecule has 1 aromatic heterocycles. The highest BCUT2D eigenvalue weighted by Gasteiger charge is 2.14. The summed E-state index contributed by atoms with van der Waals surface area (Å²) in [4.78, 5) is 8.33. The molecule has 0 fully saturated rings. The van der Waals surface area contributed by atoms with Crippen LogP contribution >= 0.6 is 0 Å². The average Bonchev–Trinajstić information content (AvgIpc) is 2.72. The highest BCUT2D eigenvalue weighted by atomic mass is 32.2. The molecule has 6 nitrogen and oxygen atoms in total. The fourth-order valence-electron chi connectivity index (χ4n) is 3.34. The summed E-state index contributed by atoms with van der Waals surface area (Å²) in [6, 6.07) is 9.81. The van der Waals surface area contributed by atoms with Crippen LogP contribution in [0.2, 0.25) is 0 Å². The number of anilines is 3. The molecule has 162 valence electrons. The first kappa shape index (κ1) is 21.2. The van der Waals surface area contributed by atoms with Crippen LogP contribution in [0.3, 0.4) is 0 Å². The molecule has 3 aromatic rings. The molecule has 0 amide bonds. The summed E-state index contributed by atoms with van der Waals surface area (Å²) >= 11 is 0. The normalized spacial score (nSPS) is 14.7. The number of hydrogen-bond acceptors (Lipinski definition) is 6. The molecule has 0 unspecified atom stereocenters. The smallest absolute Gasteiger partial charge is 0.227 e. The van der Waals surface area contributed by atoms with Crippen molar-refractivity contribution in [2.45, 2.75) is 18.6 Å².